The quantitative estimate of drug-likeness (QED) is 0.462. The highest BCUT2D eigenvalue weighted by atomic mass is 16.5. The lowest BCUT2D eigenvalue weighted by Crippen LogP contribution is -2.30. The van der Waals surface area contributed by atoms with Crippen molar-refractivity contribution in [2.45, 2.75) is 13.2 Å². The molecule has 0 aliphatic heterocycles. The van der Waals surface area contributed by atoms with Crippen molar-refractivity contribution >= 4 is 5.91 Å². The standard InChI is InChI=1S/C11H12N2O4/c12-13-11(14)10-8(3-5-17-10)6-15-7-9-2-1-4-16-9/h1-5H,6-7,12H2,(H,13,14). The van der Waals surface area contributed by atoms with Gasteiger partial charge in [0.1, 0.15) is 12.4 Å². The number of ether oxygens (including phenoxy) is 1. The monoisotopic (exact) mass is 236 g/mol. The van der Waals surface area contributed by atoms with E-state index in [2.05, 4.69) is 0 Å². The minimum atomic E-state index is -0.480. The van der Waals surface area contributed by atoms with Gasteiger partial charge in [-0.25, -0.2) is 5.84 Å². The molecule has 3 N–H and O–H groups in total. The largest absolute Gasteiger partial charge is 0.467 e. The molecule has 0 aliphatic rings. The van der Waals surface area contributed by atoms with E-state index in [0.717, 1.165) is 5.76 Å². The lowest BCUT2D eigenvalue weighted by molar-refractivity contribution is 0.0857. The molecule has 0 bridgehead atoms. The molecule has 90 valence electrons. The number of carbonyl (C=O) groups is 1. The second-order valence-electron chi connectivity index (χ2n) is 3.32. The summed E-state index contributed by atoms with van der Waals surface area (Å²) in [5.74, 6) is 5.42. The highest BCUT2D eigenvalue weighted by Crippen LogP contribution is 2.13. The van der Waals surface area contributed by atoms with Gasteiger partial charge in [0.2, 0.25) is 0 Å². The Kier molecular flexibility index (Phi) is 3.59. The van der Waals surface area contributed by atoms with Crippen LogP contribution in [0, 0.1) is 0 Å². The second kappa shape index (κ2) is 5.33. The zero-order chi connectivity index (χ0) is 12.1. The van der Waals surface area contributed by atoms with Crippen molar-refractivity contribution in [1.82, 2.24) is 5.43 Å². The highest BCUT2D eigenvalue weighted by molar-refractivity contribution is 5.92. The number of carbonyl (C=O) groups excluding carboxylic acids is 1. The number of furan rings is 2. The summed E-state index contributed by atoms with van der Waals surface area (Å²) in [7, 11) is 0. The molecular formula is C11H12N2O4. The molecule has 0 aliphatic carbocycles. The highest BCUT2D eigenvalue weighted by Gasteiger charge is 2.14. The van der Waals surface area contributed by atoms with Gasteiger partial charge in [0, 0.05) is 5.56 Å². The molecule has 0 fully saturated rings. The molecule has 0 saturated carbocycles. The molecule has 0 saturated heterocycles. The van der Waals surface area contributed by atoms with Gasteiger partial charge in [0.15, 0.2) is 5.76 Å². The van der Waals surface area contributed by atoms with E-state index in [1.54, 1.807) is 18.4 Å². The summed E-state index contributed by atoms with van der Waals surface area (Å²) in [6.07, 6.45) is 2.99. The van der Waals surface area contributed by atoms with Gasteiger partial charge in [-0.2, -0.15) is 0 Å². The molecule has 0 atom stereocenters. The summed E-state index contributed by atoms with van der Waals surface area (Å²) in [4.78, 5) is 11.3. The molecule has 0 radical (unpaired) electrons. The molecule has 6 heteroatoms. The first-order chi connectivity index (χ1) is 8.31. The van der Waals surface area contributed by atoms with Gasteiger partial charge in [-0.05, 0) is 18.2 Å². The van der Waals surface area contributed by atoms with E-state index in [9.17, 15) is 4.79 Å². The molecule has 1 amide bonds. The third-order valence-corrected chi connectivity index (χ3v) is 2.17. The van der Waals surface area contributed by atoms with E-state index >= 15 is 0 Å². The first-order valence-corrected chi connectivity index (χ1v) is 4.98. The van der Waals surface area contributed by atoms with Gasteiger partial charge in [-0.3, -0.25) is 10.2 Å². The fraction of sp³-hybridized carbons (Fsp3) is 0.182. The molecule has 2 rings (SSSR count). The fourth-order valence-electron chi connectivity index (χ4n) is 1.37. The average molecular weight is 236 g/mol. The van der Waals surface area contributed by atoms with Crippen LogP contribution in [0.4, 0.5) is 0 Å². The number of rotatable bonds is 5. The van der Waals surface area contributed by atoms with Crippen LogP contribution in [0.25, 0.3) is 0 Å². The SMILES string of the molecule is NNC(=O)c1occc1COCc1ccco1. The van der Waals surface area contributed by atoms with Gasteiger partial charge in [0.05, 0.1) is 19.1 Å². The number of hydrazine groups is 1. The van der Waals surface area contributed by atoms with E-state index in [4.69, 9.17) is 19.4 Å². The molecule has 2 aromatic heterocycles. The van der Waals surface area contributed by atoms with Crippen LogP contribution in [-0.4, -0.2) is 5.91 Å². The van der Waals surface area contributed by atoms with Gasteiger partial charge < -0.3 is 13.6 Å². The first-order valence-electron chi connectivity index (χ1n) is 4.98. The van der Waals surface area contributed by atoms with Crippen molar-refractivity contribution in [3.05, 3.63) is 47.8 Å². The molecule has 2 aromatic rings. The predicted molar refractivity (Wildman–Crippen MR) is 57.6 cm³/mol. The van der Waals surface area contributed by atoms with E-state index < -0.39 is 5.91 Å². The van der Waals surface area contributed by atoms with Crippen LogP contribution in [0.15, 0.2) is 39.6 Å². The zero-order valence-corrected chi connectivity index (χ0v) is 9.01. The lowest BCUT2D eigenvalue weighted by atomic mass is 10.2. The van der Waals surface area contributed by atoms with Gasteiger partial charge in [0.25, 0.3) is 0 Å². The summed E-state index contributed by atoms with van der Waals surface area (Å²) in [6, 6.07) is 5.25. The molecule has 17 heavy (non-hydrogen) atoms. The Balaban J connectivity index is 1.91. The number of hydrogen-bond donors (Lipinski definition) is 2. The van der Waals surface area contributed by atoms with Crippen LogP contribution in [0.3, 0.4) is 0 Å². The molecular weight excluding hydrogens is 224 g/mol. The molecule has 0 aromatic carbocycles. The number of nitrogen functional groups attached to an aromatic ring is 1. The zero-order valence-electron chi connectivity index (χ0n) is 9.01. The third kappa shape index (κ3) is 2.74. The Bertz CT molecular complexity index is 475. The Morgan fingerprint density at radius 2 is 2.18 bits per heavy atom. The second-order valence-corrected chi connectivity index (χ2v) is 3.32. The average Bonchev–Trinajstić information content (AvgIpc) is 2.99. The van der Waals surface area contributed by atoms with Gasteiger partial charge in [-0.1, -0.05) is 0 Å². The number of nitrogens with one attached hydrogen (secondary N) is 1. The predicted octanol–water partition coefficient (Wildman–Crippen LogP) is 1.19. The summed E-state index contributed by atoms with van der Waals surface area (Å²) in [5, 5.41) is 0. The fourth-order valence-corrected chi connectivity index (χ4v) is 1.37. The van der Waals surface area contributed by atoms with Crippen LogP contribution < -0.4 is 11.3 Å². The van der Waals surface area contributed by atoms with Crippen molar-refractivity contribution in [2.75, 3.05) is 0 Å². The topological polar surface area (TPSA) is 90.6 Å². The number of amides is 1. The Morgan fingerprint density at radius 1 is 1.29 bits per heavy atom. The maximum atomic E-state index is 11.3. The van der Waals surface area contributed by atoms with Crippen molar-refractivity contribution in [2.24, 2.45) is 5.84 Å². The lowest BCUT2D eigenvalue weighted by Gasteiger charge is -2.02. The molecule has 2 heterocycles. The van der Waals surface area contributed by atoms with E-state index in [1.807, 2.05) is 11.5 Å². The maximum Gasteiger partial charge on any atom is 0.301 e. The van der Waals surface area contributed by atoms with Crippen molar-refractivity contribution in [3.63, 3.8) is 0 Å². The molecule has 0 spiro atoms. The minimum Gasteiger partial charge on any atom is -0.467 e. The van der Waals surface area contributed by atoms with Gasteiger partial charge in [-0.15, -0.1) is 0 Å². The van der Waals surface area contributed by atoms with E-state index in [1.165, 1.54) is 6.26 Å². The Labute approximate surface area is 97.3 Å². The summed E-state index contributed by atoms with van der Waals surface area (Å²) in [5.41, 5.74) is 2.64. The summed E-state index contributed by atoms with van der Waals surface area (Å²) >= 11 is 0. The number of nitrogens with two attached hydrogens (primary N) is 1. The van der Waals surface area contributed by atoms with Gasteiger partial charge >= 0.3 is 5.91 Å². The third-order valence-electron chi connectivity index (χ3n) is 2.17. The smallest absolute Gasteiger partial charge is 0.301 e. The van der Waals surface area contributed by atoms with Crippen molar-refractivity contribution in [3.8, 4) is 0 Å². The van der Waals surface area contributed by atoms with Crippen LogP contribution in [0.1, 0.15) is 21.9 Å². The maximum absolute atomic E-state index is 11.3. The summed E-state index contributed by atoms with van der Waals surface area (Å²) < 4.78 is 15.5. The summed E-state index contributed by atoms with van der Waals surface area (Å²) in [6.45, 7) is 0.585. The van der Waals surface area contributed by atoms with Crippen molar-refractivity contribution < 1.29 is 18.4 Å². The Hall–Kier alpha value is -2.05. The van der Waals surface area contributed by atoms with E-state index in [-0.39, 0.29) is 12.4 Å². The molecule has 0 unspecified atom stereocenters. The van der Waals surface area contributed by atoms with Crippen LogP contribution in [0.5, 0.6) is 0 Å². The van der Waals surface area contributed by atoms with Crippen LogP contribution in [-0.2, 0) is 18.0 Å². The first kappa shape index (κ1) is 11.4. The molecule has 6 nitrogen and oxygen atoms in total. The number of hydrogen-bond acceptors (Lipinski definition) is 5. The van der Waals surface area contributed by atoms with Crippen LogP contribution >= 0.6 is 0 Å². The Morgan fingerprint density at radius 3 is 2.88 bits per heavy atom. The normalized spacial score (nSPS) is 10.4. The van der Waals surface area contributed by atoms with E-state index in [0.29, 0.717) is 12.2 Å². The van der Waals surface area contributed by atoms with Crippen LogP contribution in [0.2, 0.25) is 0 Å². The minimum absolute atomic E-state index is 0.159. The van der Waals surface area contributed by atoms with Crippen molar-refractivity contribution in [1.29, 1.82) is 0 Å².